The van der Waals surface area contributed by atoms with Gasteiger partial charge in [0, 0.05) is 6.54 Å². The van der Waals surface area contributed by atoms with Gasteiger partial charge >= 0.3 is 6.03 Å². The maximum Gasteiger partial charge on any atom is 0.319 e. The molecule has 1 fully saturated rings. The molecule has 1 saturated heterocycles. The molecule has 2 rings (SSSR count). The van der Waals surface area contributed by atoms with Crippen LogP contribution in [-0.2, 0) is 11.2 Å². The molecular weight excluding hydrogens is 298 g/mol. The average molecular weight is 325 g/mol. The van der Waals surface area contributed by atoms with Crippen molar-refractivity contribution in [3.05, 3.63) is 10.7 Å². The number of hydrogen-bond acceptors (Lipinski definition) is 4. The van der Waals surface area contributed by atoms with E-state index in [1.165, 1.54) is 17.8 Å². The molecule has 0 aliphatic carbocycles. The van der Waals surface area contributed by atoms with Crippen molar-refractivity contribution >= 4 is 22.4 Å². The van der Waals surface area contributed by atoms with Gasteiger partial charge in [0.05, 0.1) is 22.9 Å². The summed E-state index contributed by atoms with van der Waals surface area (Å²) in [6.07, 6.45) is 4.60. The summed E-state index contributed by atoms with van der Waals surface area (Å²) < 4.78 is 5.82. The van der Waals surface area contributed by atoms with Crippen LogP contribution in [0.5, 0.6) is 0 Å². The van der Waals surface area contributed by atoms with Crippen molar-refractivity contribution in [3.63, 3.8) is 0 Å². The summed E-state index contributed by atoms with van der Waals surface area (Å²) in [7, 11) is 0. The molecule has 2 N–H and O–H groups in total. The number of amides is 2. The zero-order chi connectivity index (χ0) is 16.1. The third-order valence-corrected chi connectivity index (χ3v) is 4.61. The fourth-order valence-corrected chi connectivity index (χ4v) is 3.54. The lowest BCUT2D eigenvalue weighted by molar-refractivity contribution is -0.0367. The van der Waals surface area contributed by atoms with Crippen LogP contribution in [0.15, 0.2) is 0 Å². The van der Waals surface area contributed by atoms with Crippen LogP contribution in [0, 0.1) is 12.8 Å². The largest absolute Gasteiger partial charge is 0.373 e. The highest BCUT2D eigenvalue weighted by molar-refractivity contribution is 7.16. The Bertz CT molecular complexity index is 502. The summed E-state index contributed by atoms with van der Waals surface area (Å²) in [6, 6.07) is -0.171. The van der Waals surface area contributed by atoms with Crippen LogP contribution in [0.1, 0.15) is 50.7 Å². The summed E-state index contributed by atoms with van der Waals surface area (Å²) in [6.45, 7) is 8.92. The molecule has 1 aliphatic heterocycles. The summed E-state index contributed by atoms with van der Waals surface area (Å²) in [5.41, 5.74) is 0.982. The van der Waals surface area contributed by atoms with Crippen LogP contribution in [0.3, 0.4) is 0 Å². The third-order valence-electron chi connectivity index (χ3n) is 3.68. The minimum Gasteiger partial charge on any atom is -0.373 e. The highest BCUT2D eigenvalue weighted by Gasteiger charge is 2.20. The van der Waals surface area contributed by atoms with Gasteiger partial charge in [0.1, 0.15) is 5.00 Å². The smallest absolute Gasteiger partial charge is 0.319 e. The maximum absolute atomic E-state index is 12.1. The summed E-state index contributed by atoms with van der Waals surface area (Å²) >= 11 is 1.53. The lowest BCUT2D eigenvalue weighted by atomic mass is 10.1. The van der Waals surface area contributed by atoms with Crippen molar-refractivity contribution in [2.75, 3.05) is 11.9 Å². The molecule has 0 saturated carbocycles. The van der Waals surface area contributed by atoms with Crippen molar-refractivity contribution in [1.29, 1.82) is 0 Å². The van der Waals surface area contributed by atoms with Crippen molar-refractivity contribution in [1.82, 2.24) is 10.3 Å². The van der Waals surface area contributed by atoms with E-state index in [-0.39, 0.29) is 12.1 Å². The van der Waals surface area contributed by atoms with E-state index < -0.39 is 0 Å². The Morgan fingerprint density at radius 2 is 2.23 bits per heavy atom. The molecule has 124 valence electrons. The Balaban J connectivity index is 1.84. The molecule has 5 nitrogen and oxygen atoms in total. The first-order valence-electron chi connectivity index (χ1n) is 8.10. The van der Waals surface area contributed by atoms with Crippen LogP contribution >= 0.6 is 11.3 Å². The first-order valence-corrected chi connectivity index (χ1v) is 8.92. The number of anilines is 1. The SMILES string of the molecule is Cc1nc(CC(C)C)c(NC(=O)NCC2CCCC(C)O2)s1. The van der Waals surface area contributed by atoms with Crippen LogP contribution in [-0.4, -0.2) is 29.8 Å². The molecule has 2 heterocycles. The lowest BCUT2D eigenvalue weighted by Gasteiger charge is -2.27. The van der Waals surface area contributed by atoms with Gasteiger partial charge in [0.15, 0.2) is 0 Å². The maximum atomic E-state index is 12.1. The number of nitrogens with zero attached hydrogens (tertiary/aromatic N) is 1. The number of rotatable bonds is 5. The number of carbonyl (C=O) groups excluding carboxylic acids is 1. The molecule has 6 heteroatoms. The summed E-state index contributed by atoms with van der Waals surface area (Å²) in [5, 5.41) is 7.70. The highest BCUT2D eigenvalue weighted by Crippen LogP contribution is 2.26. The van der Waals surface area contributed by atoms with Gasteiger partial charge in [0.2, 0.25) is 0 Å². The molecule has 0 radical (unpaired) electrons. The fourth-order valence-electron chi connectivity index (χ4n) is 2.69. The second kappa shape index (κ2) is 7.92. The minimum atomic E-state index is -0.171. The van der Waals surface area contributed by atoms with E-state index in [9.17, 15) is 4.79 Å². The van der Waals surface area contributed by atoms with Crippen LogP contribution < -0.4 is 10.6 Å². The number of nitrogens with one attached hydrogen (secondary N) is 2. The van der Waals surface area contributed by atoms with Crippen molar-refractivity contribution in [3.8, 4) is 0 Å². The van der Waals surface area contributed by atoms with E-state index >= 15 is 0 Å². The van der Waals surface area contributed by atoms with E-state index in [0.717, 1.165) is 35.0 Å². The number of aromatic nitrogens is 1. The standard InChI is InChI=1S/C16H27N3O2S/c1-10(2)8-14-15(22-12(4)18-14)19-16(20)17-9-13-7-5-6-11(3)21-13/h10-11,13H,5-9H2,1-4H3,(H2,17,19,20). The van der Waals surface area contributed by atoms with Gasteiger partial charge in [0.25, 0.3) is 0 Å². The topological polar surface area (TPSA) is 63.2 Å². The second-order valence-corrected chi connectivity index (χ2v) is 7.64. The number of carbonyl (C=O) groups is 1. The number of ether oxygens (including phenoxy) is 1. The molecule has 1 aromatic heterocycles. The Morgan fingerprint density at radius 1 is 1.45 bits per heavy atom. The summed E-state index contributed by atoms with van der Waals surface area (Å²) in [5.74, 6) is 0.516. The Kier molecular flexibility index (Phi) is 6.20. The molecule has 2 unspecified atom stereocenters. The Hall–Kier alpha value is -1.14. The van der Waals surface area contributed by atoms with Gasteiger partial charge in [-0.15, -0.1) is 11.3 Å². The lowest BCUT2D eigenvalue weighted by Crippen LogP contribution is -2.39. The van der Waals surface area contributed by atoms with Gasteiger partial charge in [-0.05, 0) is 45.4 Å². The average Bonchev–Trinajstić information content (AvgIpc) is 2.75. The number of thiazole rings is 1. The fraction of sp³-hybridized carbons (Fsp3) is 0.750. The van der Waals surface area contributed by atoms with Crippen molar-refractivity contribution in [2.24, 2.45) is 5.92 Å². The number of hydrogen-bond donors (Lipinski definition) is 2. The molecule has 0 aromatic carbocycles. The van der Waals surface area contributed by atoms with Gasteiger partial charge in [-0.1, -0.05) is 13.8 Å². The van der Waals surface area contributed by atoms with E-state index in [4.69, 9.17) is 4.74 Å². The first-order chi connectivity index (χ1) is 10.4. The molecule has 2 amide bonds. The molecule has 1 aromatic rings. The van der Waals surface area contributed by atoms with Crippen LogP contribution in [0.2, 0.25) is 0 Å². The zero-order valence-electron chi connectivity index (χ0n) is 13.9. The molecule has 0 bridgehead atoms. The van der Waals surface area contributed by atoms with E-state index in [0.29, 0.717) is 18.6 Å². The predicted octanol–water partition coefficient (Wildman–Crippen LogP) is 3.73. The van der Waals surface area contributed by atoms with Gasteiger partial charge in [-0.2, -0.15) is 0 Å². The molecule has 1 aliphatic rings. The first kappa shape index (κ1) is 17.2. The van der Waals surface area contributed by atoms with Crippen molar-refractivity contribution < 1.29 is 9.53 Å². The van der Waals surface area contributed by atoms with E-state index in [2.05, 4.69) is 36.4 Å². The third kappa shape index (κ3) is 5.25. The van der Waals surface area contributed by atoms with Gasteiger partial charge in [-0.3, -0.25) is 5.32 Å². The Morgan fingerprint density at radius 3 is 2.91 bits per heavy atom. The molecule has 22 heavy (non-hydrogen) atoms. The predicted molar refractivity (Wildman–Crippen MR) is 90.6 cm³/mol. The minimum absolute atomic E-state index is 0.132. The molecule has 2 atom stereocenters. The second-order valence-electron chi connectivity index (χ2n) is 6.44. The monoisotopic (exact) mass is 325 g/mol. The number of aryl methyl sites for hydroxylation is 1. The normalized spacial score (nSPS) is 21.9. The van der Waals surface area contributed by atoms with E-state index in [1.54, 1.807) is 0 Å². The van der Waals surface area contributed by atoms with Crippen LogP contribution in [0.4, 0.5) is 9.80 Å². The van der Waals surface area contributed by atoms with Gasteiger partial charge < -0.3 is 10.1 Å². The molecule has 0 spiro atoms. The molecular formula is C16H27N3O2S. The van der Waals surface area contributed by atoms with Crippen molar-refractivity contribution in [2.45, 2.75) is 65.6 Å². The highest BCUT2D eigenvalue weighted by atomic mass is 32.1. The number of urea groups is 1. The summed E-state index contributed by atoms with van der Waals surface area (Å²) in [4.78, 5) is 16.6. The van der Waals surface area contributed by atoms with Gasteiger partial charge in [-0.25, -0.2) is 9.78 Å². The Labute approximate surface area is 136 Å². The zero-order valence-corrected chi connectivity index (χ0v) is 14.8. The van der Waals surface area contributed by atoms with Crippen LogP contribution in [0.25, 0.3) is 0 Å². The quantitative estimate of drug-likeness (QED) is 0.867. The van der Waals surface area contributed by atoms with E-state index in [1.807, 2.05) is 6.92 Å².